The summed E-state index contributed by atoms with van der Waals surface area (Å²) in [5, 5.41) is 14.7. The van der Waals surface area contributed by atoms with Crippen molar-refractivity contribution >= 4 is 18.0 Å². The molecule has 2 aromatic carbocycles. The Kier molecular flexibility index (Phi) is 7.15. The molecule has 35 heavy (non-hydrogen) atoms. The van der Waals surface area contributed by atoms with E-state index < -0.39 is 12.1 Å². The van der Waals surface area contributed by atoms with Crippen LogP contribution in [-0.4, -0.2) is 42.3 Å². The Morgan fingerprint density at radius 3 is 2.17 bits per heavy atom. The topological polar surface area (TPSA) is 105 Å². The number of amides is 2. The maximum Gasteiger partial charge on any atom is 0.407 e. The summed E-state index contributed by atoms with van der Waals surface area (Å²) >= 11 is 0. The van der Waals surface area contributed by atoms with E-state index in [2.05, 4.69) is 55.7 Å². The maximum atomic E-state index is 12.8. The average Bonchev–Trinajstić information content (AvgIpc) is 3.51. The first-order valence-electron chi connectivity index (χ1n) is 12.2. The van der Waals surface area contributed by atoms with Crippen LogP contribution < -0.4 is 10.6 Å². The molecule has 4 rings (SSSR count). The Hall–Kier alpha value is -3.35. The number of aliphatic carboxylic acids is 1. The Bertz CT molecular complexity index is 1060. The van der Waals surface area contributed by atoms with Gasteiger partial charge in [0, 0.05) is 24.9 Å². The molecule has 0 aromatic heterocycles. The number of ether oxygens (including phenoxy) is 1. The number of benzene rings is 2. The van der Waals surface area contributed by atoms with Crippen LogP contribution in [0.3, 0.4) is 0 Å². The van der Waals surface area contributed by atoms with Crippen molar-refractivity contribution in [2.45, 2.75) is 52.0 Å². The molecule has 0 bridgehead atoms. The highest BCUT2D eigenvalue weighted by atomic mass is 16.5. The molecule has 1 fully saturated rings. The number of carboxylic acids is 1. The van der Waals surface area contributed by atoms with Crippen LogP contribution in [0, 0.1) is 17.3 Å². The quantitative estimate of drug-likeness (QED) is 0.490. The molecule has 0 radical (unpaired) electrons. The van der Waals surface area contributed by atoms with Gasteiger partial charge >= 0.3 is 12.1 Å². The van der Waals surface area contributed by atoms with Crippen LogP contribution in [0.25, 0.3) is 11.1 Å². The van der Waals surface area contributed by atoms with Gasteiger partial charge in [0.25, 0.3) is 0 Å². The molecule has 2 aliphatic rings. The minimum absolute atomic E-state index is 0.00684. The third-order valence-electron chi connectivity index (χ3n) is 6.76. The van der Waals surface area contributed by atoms with E-state index in [0.717, 1.165) is 11.1 Å². The van der Waals surface area contributed by atoms with Crippen LogP contribution in [0.15, 0.2) is 48.5 Å². The lowest BCUT2D eigenvalue weighted by molar-refractivity contribution is -0.139. The van der Waals surface area contributed by atoms with Crippen LogP contribution in [-0.2, 0) is 14.3 Å². The summed E-state index contributed by atoms with van der Waals surface area (Å²) in [5.41, 5.74) is 4.52. The molecule has 2 aromatic rings. The number of carbonyl (C=O) groups excluding carboxylic acids is 2. The average molecular weight is 479 g/mol. The van der Waals surface area contributed by atoms with E-state index in [1.54, 1.807) is 0 Å². The zero-order valence-electron chi connectivity index (χ0n) is 20.5. The molecular weight excluding hydrogens is 444 g/mol. The van der Waals surface area contributed by atoms with Crippen molar-refractivity contribution in [2.75, 3.05) is 13.2 Å². The van der Waals surface area contributed by atoms with Gasteiger partial charge in [-0.15, -0.1) is 0 Å². The number of fused-ring (bicyclic) bond motifs is 3. The zero-order valence-corrected chi connectivity index (χ0v) is 20.5. The third kappa shape index (κ3) is 6.21. The van der Waals surface area contributed by atoms with E-state index in [0.29, 0.717) is 19.4 Å². The van der Waals surface area contributed by atoms with E-state index in [1.807, 2.05) is 24.3 Å². The molecule has 0 aliphatic heterocycles. The second-order valence-electron chi connectivity index (χ2n) is 10.9. The fraction of sp³-hybridized carbons (Fsp3) is 0.464. The Morgan fingerprint density at radius 2 is 1.63 bits per heavy atom. The second kappa shape index (κ2) is 10.1. The lowest BCUT2D eigenvalue weighted by Crippen LogP contribution is -2.42. The van der Waals surface area contributed by atoms with Gasteiger partial charge in [-0.1, -0.05) is 69.3 Å². The smallest absolute Gasteiger partial charge is 0.407 e. The number of alkyl carbamates (subject to hydrolysis) is 1. The van der Waals surface area contributed by atoms with E-state index >= 15 is 0 Å². The van der Waals surface area contributed by atoms with Gasteiger partial charge in [0.2, 0.25) is 5.91 Å². The second-order valence-corrected chi connectivity index (χ2v) is 10.9. The summed E-state index contributed by atoms with van der Waals surface area (Å²) < 4.78 is 5.67. The first-order chi connectivity index (χ1) is 16.6. The van der Waals surface area contributed by atoms with Crippen molar-refractivity contribution in [2.24, 2.45) is 17.3 Å². The molecule has 2 aliphatic carbocycles. The largest absolute Gasteiger partial charge is 0.481 e. The highest BCUT2D eigenvalue weighted by Crippen LogP contribution is 2.44. The van der Waals surface area contributed by atoms with Crippen molar-refractivity contribution in [1.29, 1.82) is 0 Å². The van der Waals surface area contributed by atoms with Crippen LogP contribution in [0.5, 0.6) is 0 Å². The van der Waals surface area contributed by atoms with Crippen molar-refractivity contribution < 1.29 is 24.2 Å². The van der Waals surface area contributed by atoms with Crippen molar-refractivity contribution in [3.8, 4) is 11.1 Å². The van der Waals surface area contributed by atoms with Gasteiger partial charge in [-0.3, -0.25) is 9.59 Å². The molecule has 0 heterocycles. The van der Waals surface area contributed by atoms with Gasteiger partial charge in [-0.25, -0.2) is 4.79 Å². The fourth-order valence-corrected chi connectivity index (χ4v) is 5.04. The molecule has 0 spiro atoms. The summed E-state index contributed by atoms with van der Waals surface area (Å²) in [7, 11) is 0. The summed E-state index contributed by atoms with van der Waals surface area (Å²) in [6.07, 6.45) is 0.776. The van der Waals surface area contributed by atoms with Crippen molar-refractivity contribution in [3.63, 3.8) is 0 Å². The van der Waals surface area contributed by atoms with Crippen LogP contribution in [0.1, 0.15) is 57.1 Å². The van der Waals surface area contributed by atoms with Gasteiger partial charge in [-0.2, -0.15) is 0 Å². The van der Waals surface area contributed by atoms with E-state index in [1.165, 1.54) is 11.1 Å². The molecule has 1 unspecified atom stereocenters. The predicted molar refractivity (Wildman–Crippen MR) is 133 cm³/mol. The minimum Gasteiger partial charge on any atom is -0.481 e. The standard InChI is InChI=1S/C28H34N2O5/c1-28(2,3)14-18(13-25(31)29-15-17-12-23(17)26(32)33)30-27(34)35-16-24-21-10-6-4-8-19(21)20-9-5-7-11-22(20)24/h4-11,17-18,23-24H,12-16H2,1-3H3,(H,29,31)(H,30,34)(H,32,33)/t17-,18?,23-/m0/s1. The molecule has 186 valence electrons. The fourth-order valence-electron chi connectivity index (χ4n) is 5.04. The predicted octanol–water partition coefficient (Wildman–Crippen LogP) is 4.56. The normalized spacial score (nSPS) is 19.3. The summed E-state index contributed by atoms with van der Waals surface area (Å²) in [5.74, 6) is -1.41. The highest BCUT2D eigenvalue weighted by molar-refractivity contribution is 5.80. The van der Waals surface area contributed by atoms with Gasteiger partial charge in [0.05, 0.1) is 5.92 Å². The van der Waals surface area contributed by atoms with Crippen molar-refractivity contribution in [1.82, 2.24) is 10.6 Å². The molecule has 1 saturated carbocycles. The molecule has 7 nitrogen and oxygen atoms in total. The Morgan fingerprint density at radius 1 is 1.03 bits per heavy atom. The Labute approximate surface area is 206 Å². The molecular formula is C28H34N2O5. The molecule has 3 N–H and O–H groups in total. The van der Waals surface area contributed by atoms with E-state index in [9.17, 15) is 14.4 Å². The van der Waals surface area contributed by atoms with Crippen LogP contribution >= 0.6 is 0 Å². The first-order valence-corrected chi connectivity index (χ1v) is 12.2. The molecule has 0 saturated heterocycles. The summed E-state index contributed by atoms with van der Waals surface area (Å²) in [4.78, 5) is 36.3. The monoisotopic (exact) mass is 478 g/mol. The number of nitrogens with one attached hydrogen (secondary N) is 2. The van der Waals surface area contributed by atoms with Crippen LogP contribution in [0.4, 0.5) is 4.79 Å². The zero-order chi connectivity index (χ0) is 25.2. The molecule has 3 atom stereocenters. The van der Waals surface area contributed by atoms with Gasteiger partial charge in [-0.05, 0) is 46.4 Å². The number of carboxylic acid groups (broad SMARTS) is 1. The number of hydrogen-bond acceptors (Lipinski definition) is 4. The van der Waals surface area contributed by atoms with E-state index in [4.69, 9.17) is 9.84 Å². The van der Waals surface area contributed by atoms with Gasteiger partial charge < -0.3 is 20.5 Å². The highest BCUT2D eigenvalue weighted by Gasteiger charge is 2.43. The minimum atomic E-state index is -0.813. The number of hydrogen-bond donors (Lipinski definition) is 3. The summed E-state index contributed by atoms with van der Waals surface area (Å²) in [6, 6.07) is 16.0. The van der Waals surface area contributed by atoms with E-state index in [-0.39, 0.29) is 48.1 Å². The number of rotatable bonds is 9. The third-order valence-corrected chi connectivity index (χ3v) is 6.76. The SMILES string of the molecule is CC(C)(C)CC(CC(=O)NC[C@@H]1C[C@@H]1C(=O)O)NC(=O)OCC1c2ccccc2-c2ccccc21. The summed E-state index contributed by atoms with van der Waals surface area (Å²) in [6.45, 7) is 6.73. The Balaban J connectivity index is 1.33. The van der Waals surface area contributed by atoms with Crippen molar-refractivity contribution in [3.05, 3.63) is 59.7 Å². The first kappa shape index (κ1) is 24.8. The maximum absolute atomic E-state index is 12.8. The molecule has 7 heteroatoms. The van der Waals surface area contributed by atoms with Crippen LogP contribution in [0.2, 0.25) is 0 Å². The van der Waals surface area contributed by atoms with Gasteiger partial charge in [0.1, 0.15) is 6.61 Å². The van der Waals surface area contributed by atoms with Gasteiger partial charge in [0.15, 0.2) is 0 Å². The lowest BCUT2D eigenvalue weighted by atomic mass is 9.87. The lowest BCUT2D eigenvalue weighted by Gasteiger charge is -2.26. The molecule has 2 amide bonds. The number of carbonyl (C=O) groups is 3.